The Morgan fingerprint density at radius 3 is 2.29 bits per heavy atom. The third-order valence-corrected chi connectivity index (χ3v) is 3.57. The van der Waals surface area contributed by atoms with E-state index in [0.717, 1.165) is 0 Å². The van der Waals surface area contributed by atoms with Crippen LogP contribution in [-0.4, -0.2) is 39.0 Å². The van der Waals surface area contributed by atoms with Gasteiger partial charge in [-0.15, -0.1) is 0 Å². The quantitative estimate of drug-likeness (QED) is 0.929. The van der Waals surface area contributed by atoms with E-state index in [9.17, 15) is 13.2 Å². The molecule has 1 aromatic rings. The average molecular weight is 304 g/mol. The fraction of sp³-hybridized carbons (Fsp3) is 0.571. The number of halogens is 3. The van der Waals surface area contributed by atoms with Crippen LogP contribution in [0.4, 0.5) is 24.5 Å². The van der Waals surface area contributed by atoms with Crippen molar-refractivity contribution in [3.63, 3.8) is 0 Å². The average Bonchev–Trinajstić information content (AvgIpc) is 2.39. The van der Waals surface area contributed by atoms with E-state index in [-0.39, 0.29) is 0 Å². The number of nitrogens with zero attached hydrogens (tertiary/aromatic N) is 1. The molecule has 0 spiro atoms. The number of fused-ring (bicyclic) bond motifs is 1. The highest BCUT2D eigenvalue weighted by Crippen LogP contribution is 2.44. The maximum atomic E-state index is 12.9. The summed E-state index contributed by atoms with van der Waals surface area (Å²) in [5.74, 6) is 0.887. The Balaban J connectivity index is 2.51. The maximum absolute atomic E-state index is 12.9. The molecule has 1 aromatic carbocycles. The van der Waals surface area contributed by atoms with Crippen LogP contribution < -0.4 is 19.7 Å². The van der Waals surface area contributed by atoms with Crippen molar-refractivity contribution in [2.45, 2.75) is 25.6 Å². The zero-order valence-electron chi connectivity index (χ0n) is 12.5. The van der Waals surface area contributed by atoms with Crippen molar-refractivity contribution in [3.05, 3.63) is 12.1 Å². The summed E-state index contributed by atoms with van der Waals surface area (Å²) in [6.07, 6.45) is -4.28. The molecule has 0 saturated carbocycles. The maximum Gasteiger partial charge on any atom is 0.405 e. The van der Waals surface area contributed by atoms with E-state index in [4.69, 9.17) is 9.47 Å². The smallest absolute Gasteiger partial charge is 0.405 e. The summed E-state index contributed by atoms with van der Waals surface area (Å²) in [6.45, 7) is 2.94. The highest BCUT2D eigenvalue weighted by Gasteiger charge is 2.41. The van der Waals surface area contributed by atoms with E-state index in [2.05, 4.69) is 5.32 Å². The van der Waals surface area contributed by atoms with Crippen LogP contribution in [0.25, 0.3) is 0 Å². The lowest BCUT2D eigenvalue weighted by molar-refractivity contribution is -0.121. The molecular weight excluding hydrogens is 285 g/mol. The third-order valence-electron chi connectivity index (χ3n) is 3.57. The summed E-state index contributed by atoms with van der Waals surface area (Å²) < 4.78 is 49.0. The first-order valence-electron chi connectivity index (χ1n) is 6.52. The Morgan fingerprint density at radius 1 is 1.19 bits per heavy atom. The van der Waals surface area contributed by atoms with Crippen LogP contribution in [0.15, 0.2) is 12.1 Å². The first-order valence-corrected chi connectivity index (χ1v) is 6.52. The fourth-order valence-corrected chi connectivity index (χ4v) is 2.44. The first-order chi connectivity index (χ1) is 9.68. The lowest BCUT2D eigenvalue weighted by atomic mass is 9.97. The standard InChI is InChI=1S/C14H19F3N2O2/c1-13(2)7-18-9-5-11(20-3)12(21-4)6-10(9)19(13)8-14(15,16)17/h5-6,18H,7-8H2,1-4H3. The molecule has 4 nitrogen and oxygen atoms in total. The molecule has 1 heterocycles. The molecule has 1 N–H and O–H groups in total. The molecule has 21 heavy (non-hydrogen) atoms. The molecule has 7 heteroatoms. The normalized spacial score (nSPS) is 17.0. The van der Waals surface area contributed by atoms with E-state index in [0.29, 0.717) is 29.4 Å². The van der Waals surface area contributed by atoms with Gasteiger partial charge in [-0.25, -0.2) is 0 Å². The van der Waals surface area contributed by atoms with Gasteiger partial charge in [0, 0.05) is 18.7 Å². The monoisotopic (exact) mass is 304 g/mol. The van der Waals surface area contributed by atoms with Crippen molar-refractivity contribution in [3.8, 4) is 11.5 Å². The number of hydrogen-bond donors (Lipinski definition) is 1. The molecule has 0 fully saturated rings. The Kier molecular flexibility index (Phi) is 3.86. The van der Waals surface area contributed by atoms with Gasteiger partial charge < -0.3 is 19.7 Å². The van der Waals surface area contributed by atoms with Crippen LogP contribution in [0, 0.1) is 0 Å². The second-order valence-corrected chi connectivity index (χ2v) is 5.59. The van der Waals surface area contributed by atoms with Gasteiger partial charge in [0.15, 0.2) is 11.5 Å². The Bertz CT molecular complexity index is 530. The SMILES string of the molecule is COc1cc2c(cc1OC)N(CC(F)(F)F)C(C)(C)CN2. The zero-order valence-corrected chi connectivity index (χ0v) is 12.5. The largest absolute Gasteiger partial charge is 0.493 e. The summed E-state index contributed by atoms with van der Waals surface area (Å²) in [4.78, 5) is 1.35. The number of alkyl halides is 3. The number of benzene rings is 1. The molecule has 0 saturated heterocycles. The Morgan fingerprint density at radius 2 is 1.76 bits per heavy atom. The van der Waals surface area contributed by atoms with Crippen LogP contribution in [-0.2, 0) is 0 Å². The molecule has 0 amide bonds. The fourth-order valence-electron chi connectivity index (χ4n) is 2.44. The topological polar surface area (TPSA) is 33.7 Å². The number of anilines is 2. The van der Waals surface area contributed by atoms with E-state index in [1.54, 1.807) is 26.0 Å². The van der Waals surface area contributed by atoms with Gasteiger partial charge in [0.25, 0.3) is 0 Å². The van der Waals surface area contributed by atoms with E-state index in [1.807, 2.05) is 0 Å². The summed E-state index contributed by atoms with van der Waals surface area (Å²) >= 11 is 0. The van der Waals surface area contributed by atoms with Gasteiger partial charge in [0.2, 0.25) is 0 Å². The second-order valence-electron chi connectivity index (χ2n) is 5.59. The van der Waals surface area contributed by atoms with Gasteiger partial charge in [-0.2, -0.15) is 13.2 Å². The van der Waals surface area contributed by atoms with Crippen LogP contribution >= 0.6 is 0 Å². The summed E-state index contributed by atoms with van der Waals surface area (Å²) in [6, 6.07) is 3.24. The lowest BCUT2D eigenvalue weighted by Crippen LogP contribution is -2.55. The van der Waals surface area contributed by atoms with Gasteiger partial charge >= 0.3 is 6.18 Å². The number of ether oxygens (including phenoxy) is 2. The lowest BCUT2D eigenvalue weighted by Gasteiger charge is -2.45. The predicted molar refractivity (Wildman–Crippen MR) is 75.5 cm³/mol. The van der Waals surface area contributed by atoms with E-state index >= 15 is 0 Å². The van der Waals surface area contributed by atoms with Crippen molar-refractivity contribution >= 4 is 11.4 Å². The molecule has 0 aliphatic carbocycles. The van der Waals surface area contributed by atoms with Crippen molar-refractivity contribution in [1.82, 2.24) is 0 Å². The molecule has 0 unspecified atom stereocenters. The minimum Gasteiger partial charge on any atom is -0.493 e. The predicted octanol–water partition coefficient (Wildman–Crippen LogP) is 3.28. The van der Waals surface area contributed by atoms with Gasteiger partial charge in [0.1, 0.15) is 6.54 Å². The second kappa shape index (κ2) is 5.20. The van der Waals surface area contributed by atoms with Crippen molar-refractivity contribution in [2.75, 3.05) is 37.5 Å². The number of methoxy groups -OCH3 is 2. The minimum atomic E-state index is -4.28. The van der Waals surface area contributed by atoms with Crippen molar-refractivity contribution in [1.29, 1.82) is 0 Å². The van der Waals surface area contributed by atoms with Gasteiger partial charge in [-0.05, 0) is 13.8 Å². The highest BCUT2D eigenvalue weighted by molar-refractivity contribution is 5.78. The molecule has 0 radical (unpaired) electrons. The van der Waals surface area contributed by atoms with Crippen molar-refractivity contribution < 1.29 is 22.6 Å². The van der Waals surface area contributed by atoms with E-state index in [1.165, 1.54) is 19.1 Å². The van der Waals surface area contributed by atoms with Crippen LogP contribution in [0.1, 0.15) is 13.8 Å². The molecular formula is C14H19F3N2O2. The molecule has 2 rings (SSSR count). The zero-order chi connectivity index (χ0) is 15.8. The summed E-state index contributed by atoms with van der Waals surface area (Å²) in [7, 11) is 2.95. The minimum absolute atomic E-state index is 0.405. The Labute approximate surface area is 121 Å². The Hall–Kier alpha value is -1.79. The van der Waals surface area contributed by atoms with Gasteiger partial charge in [-0.3, -0.25) is 0 Å². The molecule has 0 aromatic heterocycles. The van der Waals surface area contributed by atoms with E-state index < -0.39 is 18.3 Å². The number of rotatable bonds is 3. The molecule has 0 bridgehead atoms. The highest BCUT2D eigenvalue weighted by atomic mass is 19.4. The van der Waals surface area contributed by atoms with Crippen LogP contribution in [0.3, 0.4) is 0 Å². The van der Waals surface area contributed by atoms with Crippen molar-refractivity contribution in [2.24, 2.45) is 0 Å². The van der Waals surface area contributed by atoms with Crippen LogP contribution in [0.2, 0.25) is 0 Å². The first kappa shape index (κ1) is 15.6. The molecule has 0 atom stereocenters. The molecule has 1 aliphatic heterocycles. The van der Waals surface area contributed by atoms with Gasteiger partial charge in [-0.1, -0.05) is 0 Å². The number of nitrogens with one attached hydrogen (secondary N) is 1. The molecule has 1 aliphatic rings. The molecule has 118 valence electrons. The summed E-state index contributed by atoms with van der Waals surface area (Å²) in [5.41, 5.74) is 0.403. The third kappa shape index (κ3) is 3.11. The number of hydrogen-bond acceptors (Lipinski definition) is 4. The summed E-state index contributed by atoms with van der Waals surface area (Å²) in [5, 5.41) is 3.15. The van der Waals surface area contributed by atoms with Crippen LogP contribution in [0.5, 0.6) is 11.5 Å². The van der Waals surface area contributed by atoms with Gasteiger partial charge in [0.05, 0.1) is 31.1 Å².